The predicted molar refractivity (Wildman–Crippen MR) is 82.1 cm³/mol. The average molecular weight is 308 g/mol. The second-order valence-corrected chi connectivity index (χ2v) is 5.07. The summed E-state index contributed by atoms with van der Waals surface area (Å²) in [6.07, 6.45) is 1.82. The van der Waals surface area contributed by atoms with E-state index in [0.29, 0.717) is 11.4 Å². The molecular formula is C17H12N2O4. The minimum absolute atomic E-state index is 0.227. The molecule has 1 aliphatic rings. The van der Waals surface area contributed by atoms with Crippen LogP contribution in [0.2, 0.25) is 0 Å². The van der Waals surface area contributed by atoms with E-state index in [4.69, 9.17) is 14.6 Å². The summed E-state index contributed by atoms with van der Waals surface area (Å²) in [7, 11) is 0. The molecule has 2 aromatic carbocycles. The number of fused-ring (bicyclic) bond motifs is 1. The molecule has 4 rings (SSSR count). The van der Waals surface area contributed by atoms with Gasteiger partial charge in [0.15, 0.2) is 11.5 Å². The Kier molecular flexibility index (Phi) is 3.01. The van der Waals surface area contributed by atoms with Crippen molar-refractivity contribution >= 4 is 5.97 Å². The van der Waals surface area contributed by atoms with Crippen molar-refractivity contribution in [2.75, 3.05) is 6.79 Å². The van der Waals surface area contributed by atoms with Crippen LogP contribution in [-0.4, -0.2) is 27.6 Å². The average Bonchev–Trinajstić information content (AvgIpc) is 3.23. The lowest BCUT2D eigenvalue weighted by molar-refractivity contribution is 0.0697. The third-order valence-electron chi connectivity index (χ3n) is 3.62. The number of rotatable bonds is 3. The van der Waals surface area contributed by atoms with Crippen molar-refractivity contribution in [3.8, 4) is 28.4 Å². The number of ether oxygens (including phenoxy) is 2. The van der Waals surface area contributed by atoms with Gasteiger partial charge >= 0.3 is 5.97 Å². The van der Waals surface area contributed by atoms with Crippen LogP contribution in [0.1, 0.15) is 10.4 Å². The fourth-order valence-corrected chi connectivity index (χ4v) is 2.46. The van der Waals surface area contributed by atoms with Crippen LogP contribution in [0, 0.1) is 0 Å². The van der Waals surface area contributed by atoms with Crippen LogP contribution in [0.3, 0.4) is 0 Å². The van der Waals surface area contributed by atoms with Crippen molar-refractivity contribution < 1.29 is 19.4 Å². The molecule has 0 radical (unpaired) electrons. The van der Waals surface area contributed by atoms with Crippen molar-refractivity contribution in [2.45, 2.75) is 0 Å². The van der Waals surface area contributed by atoms with E-state index in [9.17, 15) is 4.79 Å². The van der Waals surface area contributed by atoms with Crippen molar-refractivity contribution in [1.82, 2.24) is 9.78 Å². The smallest absolute Gasteiger partial charge is 0.335 e. The number of aromatic nitrogens is 2. The monoisotopic (exact) mass is 308 g/mol. The van der Waals surface area contributed by atoms with Crippen LogP contribution in [0.15, 0.2) is 54.7 Å². The molecule has 0 unspecified atom stereocenters. The fourth-order valence-electron chi connectivity index (χ4n) is 2.46. The van der Waals surface area contributed by atoms with Gasteiger partial charge in [-0.1, -0.05) is 12.1 Å². The first-order valence-electron chi connectivity index (χ1n) is 7.00. The van der Waals surface area contributed by atoms with Gasteiger partial charge in [0.1, 0.15) is 0 Å². The zero-order valence-electron chi connectivity index (χ0n) is 12.0. The Morgan fingerprint density at radius 2 is 1.96 bits per heavy atom. The number of hydrogen-bond acceptors (Lipinski definition) is 4. The predicted octanol–water partition coefficient (Wildman–Crippen LogP) is 2.97. The largest absolute Gasteiger partial charge is 0.478 e. The van der Waals surface area contributed by atoms with E-state index < -0.39 is 5.97 Å². The maximum absolute atomic E-state index is 11.1. The fraction of sp³-hybridized carbons (Fsp3) is 0.0588. The summed E-state index contributed by atoms with van der Waals surface area (Å²) in [4.78, 5) is 11.1. The number of carbonyl (C=O) groups is 1. The van der Waals surface area contributed by atoms with Crippen LogP contribution in [0.25, 0.3) is 16.9 Å². The summed E-state index contributed by atoms with van der Waals surface area (Å²) in [6.45, 7) is 0.227. The van der Waals surface area contributed by atoms with E-state index in [-0.39, 0.29) is 12.4 Å². The quantitative estimate of drug-likeness (QED) is 0.805. The summed E-state index contributed by atoms with van der Waals surface area (Å²) in [6, 6.07) is 14.1. The summed E-state index contributed by atoms with van der Waals surface area (Å²) in [5, 5.41) is 13.6. The number of hydrogen-bond donors (Lipinski definition) is 1. The summed E-state index contributed by atoms with van der Waals surface area (Å²) in [5.74, 6) is 0.449. The van der Waals surface area contributed by atoms with E-state index in [2.05, 4.69) is 5.10 Å². The highest BCUT2D eigenvalue weighted by atomic mass is 16.7. The summed E-state index contributed by atoms with van der Waals surface area (Å²) < 4.78 is 12.4. The molecule has 3 aromatic rings. The number of aromatic carboxylic acids is 1. The standard InChI is InChI=1S/C17H12N2O4/c20-17(21)12-3-1-2-11(8-12)14-6-7-19(18-14)13-4-5-15-16(9-13)23-10-22-15/h1-9H,10H2,(H,20,21). The van der Waals surface area contributed by atoms with Crippen LogP contribution in [0.4, 0.5) is 0 Å². The minimum atomic E-state index is -0.956. The maximum atomic E-state index is 11.1. The molecule has 0 spiro atoms. The zero-order valence-corrected chi connectivity index (χ0v) is 12.0. The van der Waals surface area contributed by atoms with E-state index in [1.807, 2.05) is 36.5 Å². The molecule has 6 heteroatoms. The highest BCUT2D eigenvalue weighted by molar-refractivity contribution is 5.89. The van der Waals surface area contributed by atoms with Crippen LogP contribution < -0.4 is 9.47 Å². The third-order valence-corrected chi connectivity index (χ3v) is 3.62. The Bertz CT molecular complexity index is 901. The molecule has 2 heterocycles. The molecule has 0 amide bonds. The second kappa shape index (κ2) is 5.17. The Balaban J connectivity index is 1.69. The molecular weight excluding hydrogens is 296 g/mol. The van der Waals surface area contributed by atoms with Crippen molar-refractivity contribution in [1.29, 1.82) is 0 Å². The molecule has 1 N–H and O–H groups in total. The van der Waals surface area contributed by atoms with E-state index >= 15 is 0 Å². The van der Waals surface area contributed by atoms with Gasteiger partial charge < -0.3 is 14.6 Å². The van der Waals surface area contributed by atoms with Crippen LogP contribution in [-0.2, 0) is 0 Å². The first kappa shape index (κ1) is 13.4. The second-order valence-electron chi connectivity index (χ2n) is 5.07. The lowest BCUT2D eigenvalue weighted by atomic mass is 10.1. The van der Waals surface area contributed by atoms with Gasteiger partial charge in [-0.2, -0.15) is 5.10 Å². The molecule has 23 heavy (non-hydrogen) atoms. The highest BCUT2D eigenvalue weighted by Gasteiger charge is 2.14. The Labute approximate surface area is 131 Å². The summed E-state index contributed by atoms with van der Waals surface area (Å²) in [5.41, 5.74) is 2.53. The molecule has 0 saturated carbocycles. The third kappa shape index (κ3) is 2.40. The van der Waals surface area contributed by atoms with Gasteiger partial charge in [-0.3, -0.25) is 0 Å². The van der Waals surface area contributed by atoms with Gasteiger partial charge in [-0.15, -0.1) is 0 Å². The number of nitrogens with zero attached hydrogens (tertiary/aromatic N) is 2. The normalized spacial score (nSPS) is 12.3. The Morgan fingerprint density at radius 1 is 1.09 bits per heavy atom. The van der Waals surface area contributed by atoms with Gasteiger partial charge in [0.25, 0.3) is 0 Å². The Hall–Kier alpha value is -3.28. The van der Waals surface area contributed by atoms with Gasteiger partial charge in [-0.25, -0.2) is 9.48 Å². The number of carboxylic acids is 1. The lowest BCUT2D eigenvalue weighted by Crippen LogP contribution is -1.97. The van der Waals surface area contributed by atoms with Crippen LogP contribution >= 0.6 is 0 Å². The van der Waals surface area contributed by atoms with Crippen molar-refractivity contribution in [3.63, 3.8) is 0 Å². The molecule has 1 aliphatic heterocycles. The SMILES string of the molecule is O=C(O)c1cccc(-c2ccn(-c3ccc4c(c3)OCO4)n2)c1. The molecule has 0 bridgehead atoms. The first-order valence-corrected chi connectivity index (χ1v) is 7.00. The lowest BCUT2D eigenvalue weighted by Gasteiger charge is -2.03. The molecule has 0 atom stereocenters. The molecule has 1 aromatic heterocycles. The first-order chi connectivity index (χ1) is 11.2. The zero-order chi connectivity index (χ0) is 15.8. The molecule has 0 aliphatic carbocycles. The van der Waals surface area contributed by atoms with Gasteiger partial charge in [0.05, 0.1) is 16.9 Å². The highest BCUT2D eigenvalue weighted by Crippen LogP contribution is 2.33. The minimum Gasteiger partial charge on any atom is -0.478 e. The van der Waals surface area contributed by atoms with Crippen molar-refractivity contribution in [3.05, 3.63) is 60.3 Å². The molecule has 0 fully saturated rings. The molecule has 0 saturated heterocycles. The number of benzene rings is 2. The van der Waals surface area contributed by atoms with Crippen molar-refractivity contribution in [2.24, 2.45) is 0 Å². The van der Waals surface area contributed by atoms with Gasteiger partial charge in [-0.05, 0) is 30.3 Å². The molecule has 6 nitrogen and oxygen atoms in total. The van der Waals surface area contributed by atoms with Gasteiger partial charge in [0, 0.05) is 17.8 Å². The van der Waals surface area contributed by atoms with Crippen LogP contribution in [0.5, 0.6) is 11.5 Å². The Morgan fingerprint density at radius 3 is 2.83 bits per heavy atom. The van der Waals surface area contributed by atoms with E-state index in [1.54, 1.807) is 22.9 Å². The molecule has 114 valence electrons. The maximum Gasteiger partial charge on any atom is 0.335 e. The summed E-state index contributed by atoms with van der Waals surface area (Å²) >= 11 is 0. The van der Waals surface area contributed by atoms with E-state index in [0.717, 1.165) is 17.0 Å². The van der Waals surface area contributed by atoms with Gasteiger partial charge in [0.2, 0.25) is 6.79 Å². The number of carboxylic acid groups (broad SMARTS) is 1. The van der Waals surface area contributed by atoms with E-state index in [1.165, 1.54) is 0 Å². The topological polar surface area (TPSA) is 73.6 Å².